The van der Waals surface area contributed by atoms with Gasteiger partial charge in [-0.3, -0.25) is 4.79 Å². The number of carbonyl (C=O) groups excluding carboxylic acids is 1. The summed E-state index contributed by atoms with van der Waals surface area (Å²) in [6.45, 7) is 1.61. The number of hydrogen-bond acceptors (Lipinski definition) is 5. The van der Waals surface area contributed by atoms with Gasteiger partial charge in [0.1, 0.15) is 5.69 Å². The lowest BCUT2D eigenvalue weighted by molar-refractivity contribution is 0.0689. The van der Waals surface area contributed by atoms with Gasteiger partial charge in [-0.05, 0) is 18.8 Å². The maximum atomic E-state index is 11.6. The summed E-state index contributed by atoms with van der Waals surface area (Å²) in [5.74, 6) is -0.863. The number of carboxylic acids is 1. The summed E-state index contributed by atoms with van der Waals surface area (Å²) in [6.07, 6.45) is 4.67. The molecule has 1 saturated carbocycles. The Kier molecular flexibility index (Phi) is 4.40. The van der Waals surface area contributed by atoms with Crippen LogP contribution in [0.15, 0.2) is 12.4 Å². The van der Waals surface area contributed by atoms with Crippen LogP contribution in [-0.2, 0) is 4.74 Å². The van der Waals surface area contributed by atoms with Crippen LogP contribution < -0.4 is 5.32 Å². The van der Waals surface area contributed by atoms with Crippen LogP contribution in [0.1, 0.15) is 33.8 Å². The Morgan fingerprint density at radius 3 is 2.58 bits per heavy atom. The molecular formula is C12H15N3O4. The van der Waals surface area contributed by atoms with Gasteiger partial charge >= 0.3 is 5.97 Å². The highest BCUT2D eigenvalue weighted by Crippen LogP contribution is 2.28. The lowest BCUT2D eigenvalue weighted by Crippen LogP contribution is -2.28. The number of nitrogens with one attached hydrogen (secondary N) is 1. The summed E-state index contributed by atoms with van der Waals surface area (Å²) in [7, 11) is 0. The van der Waals surface area contributed by atoms with E-state index in [0.717, 1.165) is 19.0 Å². The minimum atomic E-state index is -1.17. The highest BCUT2D eigenvalue weighted by atomic mass is 16.5. The fourth-order valence-electron chi connectivity index (χ4n) is 1.42. The van der Waals surface area contributed by atoms with E-state index in [1.165, 1.54) is 12.8 Å². The maximum absolute atomic E-state index is 11.6. The Labute approximate surface area is 110 Å². The molecule has 7 nitrogen and oxygen atoms in total. The quantitative estimate of drug-likeness (QED) is 0.689. The normalized spacial score (nSPS) is 14.1. The topological polar surface area (TPSA) is 101 Å². The third kappa shape index (κ3) is 4.29. The van der Waals surface area contributed by atoms with Crippen LogP contribution in [0.2, 0.25) is 0 Å². The molecule has 7 heteroatoms. The van der Waals surface area contributed by atoms with E-state index in [1.807, 2.05) is 0 Å². The smallest absolute Gasteiger partial charge is 0.356 e. The summed E-state index contributed by atoms with van der Waals surface area (Å²) in [4.78, 5) is 29.5. The molecule has 1 amide bonds. The van der Waals surface area contributed by atoms with Crippen molar-refractivity contribution in [1.29, 1.82) is 0 Å². The summed E-state index contributed by atoms with van der Waals surface area (Å²) in [5.41, 5.74) is -0.100. The van der Waals surface area contributed by atoms with Crippen molar-refractivity contribution in [3.05, 3.63) is 23.8 Å². The summed E-state index contributed by atoms with van der Waals surface area (Å²) in [6, 6.07) is 0. The molecule has 0 aromatic carbocycles. The molecular weight excluding hydrogens is 250 g/mol. The van der Waals surface area contributed by atoms with Crippen molar-refractivity contribution in [2.45, 2.75) is 12.8 Å². The van der Waals surface area contributed by atoms with Crippen molar-refractivity contribution in [3.8, 4) is 0 Å². The molecule has 1 aromatic rings. The first-order valence-corrected chi connectivity index (χ1v) is 6.08. The molecule has 0 aliphatic heterocycles. The van der Waals surface area contributed by atoms with Crippen LogP contribution in [0.4, 0.5) is 0 Å². The molecule has 1 aliphatic rings. The van der Waals surface area contributed by atoms with E-state index < -0.39 is 5.97 Å². The zero-order valence-electron chi connectivity index (χ0n) is 10.3. The molecule has 102 valence electrons. The average molecular weight is 265 g/mol. The third-order valence-electron chi connectivity index (χ3n) is 2.69. The van der Waals surface area contributed by atoms with Crippen LogP contribution in [0.25, 0.3) is 0 Å². The van der Waals surface area contributed by atoms with Crippen molar-refractivity contribution in [3.63, 3.8) is 0 Å². The number of hydrogen-bond donors (Lipinski definition) is 2. The monoisotopic (exact) mass is 265 g/mol. The molecule has 0 radical (unpaired) electrons. The second-order valence-corrected chi connectivity index (χ2v) is 4.37. The zero-order valence-corrected chi connectivity index (χ0v) is 10.3. The van der Waals surface area contributed by atoms with Crippen molar-refractivity contribution in [2.24, 2.45) is 5.92 Å². The molecule has 0 saturated heterocycles. The van der Waals surface area contributed by atoms with Crippen LogP contribution in [0.3, 0.4) is 0 Å². The first-order chi connectivity index (χ1) is 9.16. The van der Waals surface area contributed by atoms with E-state index in [9.17, 15) is 9.59 Å². The Balaban J connectivity index is 1.70. The van der Waals surface area contributed by atoms with Gasteiger partial charge in [0, 0.05) is 13.2 Å². The largest absolute Gasteiger partial charge is 0.476 e. The van der Waals surface area contributed by atoms with Gasteiger partial charge in [-0.25, -0.2) is 14.8 Å². The predicted molar refractivity (Wildman–Crippen MR) is 64.9 cm³/mol. The van der Waals surface area contributed by atoms with Gasteiger partial charge < -0.3 is 15.2 Å². The third-order valence-corrected chi connectivity index (χ3v) is 2.69. The molecule has 1 aromatic heterocycles. The van der Waals surface area contributed by atoms with E-state index in [-0.39, 0.29) is 17.3 Å². The molecule has 0 atom stereocenters. The molecule has 19 heavy (non-hydrogen) atoms. The zero-order chi connectivity index (χ0) is 13.7. The van der Waals surface area contributed by atoms with E-state index >= 15 is 0 Å². The van der Waals surface area contributed by atoms with Gasteiger partial charge in [-0.2, -0.15) is 0 Å². The lowest BCUT2D eigenvalue weighted by atomic mass is 10.4. The van der Waals surface area contributed by atoms with Crippen molar-refractivity contribution in [2.75, 3.05) is 19.8 Å². The van der Waals surface area contributed by atoms with E-state index in [0.29, 0.717) is 19.1 Å². The number of carbonyl (C=O) groups is 2. The van der Waals surface area contributed by atoms with Crippen molar-refractivity contribution < 1.29 is 19.4 Å². The van der Waals surface area contributed by atoms with E-state index in [1.54, 1.807) is 0 Å². The Hall–Kier alpha value is -2.02. The van der Waals surface area contributed by atoms with Crippen LogP contribution >= 0.6 is 0 Å². The highest BCUT2D eigenvalue weighted by Gasteiger charge is 2.20. The number of nitrogens with zero attached hydrogens (tertiary/aromatic N) is 2. The van der Waals surface area contributed by atoms with E-state index in [4.69, 9.17) is 9.84 Å². The molecule has 0 unspecified atom stereocenters. The average Bonchev–Trinajstić information content (AvgIpc) is 3.22. The first kappa shape index (κ1) is 13.4. The second kappa shape index (κ2) is 6.24. The van der Waals surface area contributed by atoms with Gasteiger partial charge in [0.15, 0.2) is 5.69 Å². The van der Waals surface area contributed by atoms with Crippen molar-refractivity contribution >= 4 is 11.9 Å². The lowest BCUT2D eigenvalue weighted by Gasteiger charge is -2.05. The second-order valence-electron chi connectivity index (χ2n) is 4.37. The van der Waals surface area contributed by atoms with Crippen LogP contribution in [0, 0.1) is 5.92 Å². The van der Waals surface area contributed by atoms with Crippen LogP contribution in [-0.4, -0.2) is 46.7 Å². The number of aromatic carboxylic acids is 1. The Morgan fingerprint density at radius 1 is 1.32 bits per heavy atom. The highest BCUT2D eigenvalue weighted by molar-refractivity contribution is 5.92. The van der Waals surface area contributed by atoms with Crippen molar-refractivity contribution in [1.82, 2.24) is 15.3 Å². The SMILES string of the molecule is O=C(O)c1cnc(C(=O)NCCOCC2CC2)cn1. The Morgan fingerprint density at radius 2 is 2.00 bits per heavy atom. The number of carboxylic acid groups (broad SMARTS) is 1. The summed E-state index contributed by atoms with van der Waals surface area (Å²) in [5, 5.41) is 11.3. The fraction of sp³-hybridized carbons (Fsp3) is 0.500. The van der Waals surface area contributed by atoms with Gasteiger partial charge in [-0.1, -0.05) is 0 Å². The number of amides is 1. The summed E-state index contributed by atoms with van der Waals surface area (Å²) < 4.78 is 5.37. The molecule has 0 bridgehead atoms. The van der Waals surface area contributed by atoms with Crippen LogP contribution in [0.5, 0.6) is 0 Å². The molecule has 1 aliphatic carbocycles. The Bertz CT molecular complexity index is 457. The minimum absolute atomic E-state index is 0.0900. The number of rotatable bonds is 7. The predicted octanol–water partition coefficient (Wildman–Crippen LogP) is 0.331. The van der Waals surface area contributed by atoms with Gasteiger partial charge in [-0.15, -0.1) is 0 Å². The molecule has 0 spiro atoms. The standard InChI is InChI=1S/C12H15N3O4/c16-11(13-3-4-19-7-8-1-2-8)9-5-15-10(6-14-9)12(17)18/h5-6,8H,1-4,7H2,(H,13,16)(H,17,18). The molecule has 2 rings (SSSR count). The fourth-order valence-corrected chi connectivity index (χ4v) is 1.42. The molecule has 2 N–H and O–H groups in total. The number of aromatic nitrogens is 2. The van der Waals surface area contributed by atoms with Gasteiger partial charge in [0.2, 0.25) is 0 Å². The van der Waals surface area contributed by atoms with Gasteiger partial charge in [0.25, 0.3) is 5.91 Å². The summed E-state index contributed by atoms with van der Waals surface area (Å²) >= 11 is 0. The van der Waals surface area contributed by atoms with E-state index in [2.05, 4.69) is 15.3 Å². The molecule has 1 heterocycles. The molecule has 1 fully saturated rings. The minimum Gasteiger partial charge on any atom is -0.476 e. The number of ether oxygens (including phenoxy) is 1. The van der Waals surface area contributed by atoms with Gasteiger partial charge in [0.05, 0.1) is 19.0 Å². The maximum Gasteiger partial charge on any atom is 0.356 e. The first-order valence-electron chi connectivity index (χ1n) is 6.08.